The van der Waals surface area contributed by atoms with E-state index in [-0.39, 0.29) is 17.9 Å². The Balaban J connectivity index is 1.68. The zero-order chi connectivity index (χ0) is 21.5. The first-order valence-corrected chi connectivity index (χ1v) is 10.6. The highest BCUT2D eigenvalue weighted by Gasteiger charge is 2.18. The van der Waals surface area contributed by atoms with Crippen LogP contribution in [0.1, 0.15) is 65.3 Å². The van der Waals surface area contributed by atoms with E-state index in [4.69, 9.17) is 9.47 Å². The molecule has 2 aromatic rings. The molecule has 6 nitrogen and oxygen atoms in total. The first-order chi connectivity index (χ1) is 14.5. The van der Waals surface area contributed by atoms with Crippen LogP contribution in [0.5, 0.6) is 11.5 Å². The topological polar surface area (TPSA) is 76.7 Å². The van der Waals surface area contributed by atoms with Crippen molar-refractivity contribution < 1.29 is 19.1 Å². The van der Waals surface area contributed by atoms with Gasteiger partial charge in [-0.2, -0.15) is 0 Å². The van der Waals surface area contributed by atoms with E-state index in [1.807, 2.05) is 19.9 Å². The lowest BCUT2D eigenvalue weighted by Crippen LogP contribution is -2.36. The Kier molecular flexibility index (Phi) is 7.33. The molecule has 0 spiro atoms. The number of amides is 2. The zero-order valence-corrected chi connectivity index (χ0v) is 17.9. The molecule has 0 aliphatic heterocycles. The minimum atomic E-state index is -0.249. The minimum absolute atomic E-state index is 0.0561. The van der Waals surface area contributed by atoms with E-state index in [0.29, 0.717) is 34.9 Å². The molecule has 0 bridgehead atoms. The van der Waals surface area contributed by atoms with Gasteiger partial charge in [-0.3, -0.25) is 9.59 Å². The highest BCUT2D eigenvalue weighted by Crippen LogP contribution is 2.28. The monoisotopic (exact) mass is 410 g/mol. The summed E-state index contributed by atoms with van der Waals surface area (Å²) in [6.07, 6.45) is 5.69. The summed E-state index contributed by atoms with van der Waals surface area (Å²) < 4.78 is 10.8. The normalized spacial score (nSPS) is 14.1. The SMILES string of the molecule is CCOc1cc(C(=O)Nc2ccc(C(=O)NC3CCCCC3)cc2C)ccc1OC. The van der Waals surface area contributed by atoms with E-state index in [0.717, 1.165) is 18.4 Å². The summed E-state index contributed by atoms with van der Waals surface area (Å²) in [5.41, 5.74) is 2.58. The van der Waals surface area contributed by atoms with E-state index in [9.17, 15) is 9.59 Å². The summed E-state index contributed by atoms with van der Waals surface area (Å²) in [6, 6.07) is 10.7. The van der Waals surface area contributed by atoms with Gasteiger partial charge in [0, 0.05) is 22.9 Å². The molecule has 1 aliphatic carbocycles. The first kappa shape index (κ1) is 21.7. The van der Waals surface area contributed by atoms with E-state index in [1.54, 1.807) is 37.4 Å². The van der Waals surface area contributed by atoms with Gasteiger partial charge in [0.05, 0.1) is 13.7 Å². The van der Waals surface area contributed by atoms with Crippen molar-refractivity contribution in [1.29, 1.82) is 0 Å². The predicted octanol–water partition coefficient (Wildman–Crippen LogP) is 4.72. The number of methoxy groups -OCH3 is 1. The number of carbonyl (C=O) groups excluding carboxylic acids is 2. The van der Waals surface area contributed by atoms with Crippen molar-refractivity contribution in [2.45, 2.75) is 52.0 Å². The molecule has 6 heteroatoms. The predicted molar refractivity (Wildman–Crippen MR) is 118 cm³/mol. The minimum Gasteiger partial charge on any atom is -0.493 e. The molecule has 0 unspecified atom stereocenters. The van der Waals surface area contributed by atoms with Crippen LogP contribution in [-0.4, -0.2) is 31.6 Å². The van der Waals surface area contributed by atoms with Crippen LogP contribution in [0.3, 0.4) is 0 Å². The third kappa shape index (κ3) is 5.32. The third-order valence-electron chi connectivity index (χ3n) is 5.40. The van der Waals surface area contributed by atoms with Crippen LogP contribution in [0.25, 0.3) is 0 Å². The smallest absolute Gasteiger partial charge is 0.255 e. The molecule has 0 heterocycles. The lowest BCUT2D eigenvalue weighted by atomic mass is 9.95. The van der Waals surface area contributed by atoms with E-state index >= 15 is 0 Å². The maximum atomic E-state index is 12.7. The summed E-state index contributed by atoms with van der Waals surface area (Å²) in [6.45, 7) is 4.24. The number of aryl methyl sites for hydroxylation is 1. The summed E-state index contributed by atoms with van der Waals surface area (Å²) in [7, 11) is 1.56. The quantitative estimate of drug-likeness (QED) is 0.693. The summed E-state index contributed by atoms with van der Waals surface area (Å²) in [4.78, 5) is 25.3. The average molecular weight is 411 g/mol. The third-order valence-corrected chi connectivity index (χ3v) is 5.40. The highest BCUT2D eigenvalue weighted by molar-refractivity contribution is 6.05. The molecular weight excluding hydrogens is 380 g/mol. The molecule has 160 valence electrons. The molecule has 2 amide bonds. The van der Waals surface area contributed by atoms with Crippen LogP contribution >= 0.6 is 0 Å². The number of benzene rings is 2. The van der Waals surface area contributed by atoms with Crippen LogP contribution in [0.2, 0.25) is 0 Å². The summed E-state index contributed by atoms with van der Waals surface area (Å²) in [5.74, 6) is 0.803. The number of ether oxygens (including phenoxy) is 2. The van der Waals surface area contributed by atoms with Crippen molar-refractivity contribution >= 4 is 17.5 Å². The molecule has 30 heavy (non-hydrogen) atoms. The number of hydrogen-bond donors (Lipinski definition) is 2. The van der Waals surface area contributed by atoms with Crippen molar-refractivity contribution in [2.24, 2.45) is 0 Å². The Morgan fingerprint density at radius 1 is 0.967 bits per heavy atom. The Morgan fingerprint density at radius 3 is 2.33 bits per heavy atom. The van der Waals surface area contributed by atoms with Crippen molar-refractivity contribution in [3.05, 3.63) is 53.1 Å². The lowest BCUT2D eigenvalue weighted by molar-refractivity contribution is 0.0927. The van der Waals surface area contributed by atoms with Crippen molar-refractivity contribution in [3.8, 4) is 11.5 Å². The van der Waals surface area contributed by atoms with Crippen molar-refractivity contribution in [3.63, 3.8) is 0 Å². The van der Waals surface area contributed by atoms with Gasteiger partial charge >= 0.3 is 0 Å². The number of nitrogens with one attached hydrogen (secondary N) is 2. The van der Waals surface area contributed by atoms with Gasteiger partial charge in [0.25, 0.3) is 11.8 Å². The Labute approximate surface area is 178 Å². The lowest BCUT2D eigenvalue weighted by Gasteiger charge is -2.23. The van der Waals surface area contributed by atoms with Crippen molar-refractivity contribution in [1.82, 2.24) is 5.32 Å². The largest absolute Gasteiger partial charge is 0.493 e. The fourth-order valence-corrected chi connectivity index (χ4v) is 3.74. The van der Waals surface area contributed by atoms with Crippen molar-refractivity contribution in [2.75, 3.05) is 19.0 Å². The van der Waals surface area contributed by atoms with E-state index in [1.165, 1.54) is 19.3 Å². The molecule has 3 rings (SSSR count). The molecule has 1 aliphatic rings. The fraction of sp³-hybridized carbons (Fsp3) is 0.417. The summed E-state index contributed by atoms with van der Waals surface area (Å²) in [5, 5.41) is 6.04. The summed E-state index contributed by atoms with van der Waals surface area (Å²) >= 11 is 0. The molecule has 1 fully saturated rings. The maximum Gasteiger partial charge on any atom is 0.255 e. The van der Waals surface area contributed by atoms with Gasteiger partial charge in [0.1, 0.15) is 0 Å². The number of anilines is 1. The van der Waals surface area contributed by atoms with Gasteiger partial charge in [0.2, 0.25) is 0 Å². The molecule has 0 atom stereocenters. The highest BCUT2D eigenvalue weighted by atomic mass is 16.5. The second-order valence-electron chi connectivity index (χ2n) is 7.59. The van der Waals surface area contributed by atoms with E-state index in [2.05, 4.69) is 10.6 Å². The molecular formula is C24H30N2O4. The second kappa shape index (κ2) is 10.1. The molecule has 1 saturated carbocycles. The van der Waals surface area contributed by atoms with Gasteiger partial charge in [-0.05, 0) is 68.7 Å². The molecule has 2 aromatic carbocycles. The maximum absolute atomic E-state index is 12.7. The fourth-order valence-electron chi connectivity index (χ4n) is 3.74. The Bertz CT molecular complexity index is 904. The molecule has 0 radical (unpaired) electrons. The van der Waals surface area contributed by atoms with Gasteiger partial charge < -0.3 is 20.1 Å². The van der Waals surface area contributed by atoms with Crippen LogP contribution in [0, 0.1) is 6.92 Å². The number of carbonyl (C=O) groups is 2. The Hall–Kier alpha value is -3.02. The van der Waals surface area contributed by atoms with Crippen LogP contribution in [0.4, 0.5) is 5.69 Å². The Morgan fingerprint density at radius 2 is 1.67 bits per heavy atom. The van der Waals surface area contributed by atoms with Gasteiger partial charge in [-0.25, -0.2) is 0 Å². The molecule has 2 N–H and O–H groups in total. The molecule has 0 saturated heterocycles. The van der Waals surface area contributed by atoms with Crippen LogP contribution in [-0.2, 0) is 0 Å². The number of hydrogen-bond acceptors (Lipinski definition) is 4. The van der Waals surface area contributed by atoms with Crippen LogP contribution in [0.15, 0.2) is 36.4 Å². The average Bonchev–Trinajstić information content (AvgIpc) is 2.76. The second-order valence-corrected chi connectivity index (χ2v) is 7.59. The standard InChI is InChI=1S/C24H30N2O4/c1-4-30-22-15-18(11-13-21(22)29-3)24(28)26-20-12-10-17(14-16(20)2)23(27)25-19-8-6-5-7-9-19/h10-15,19H,4-9H2,1-3H3,(H,25,27)(H,26,28). The van der Waals surface area contributed by atoms with Crippen LogP contribution < -0.4 is 20.1 Å². The van der Waals surface area contributed by atoms with Gasteiger partial charge in [-0.15, -0.1) is 0 Å². The van der Waals surface area contributed by atoms with Gasteiger partial charge in [0.15, 0.2) is 11.5 Å². The number of rotatable bonds is 7. The first-order valence-electron chi connectivity index (χ1n) is 10.6. The molecule has 0 aromatic heterocycles. The van der Waals surface area contributed by atoms with Gasteiger partial charge in [-0.1, -0.05) is 19.3 Å². The zero-order valence-electron chi connectivity index (χ0n) is 17.9. The van der Waals surface area contributed by atoms with E-state index < -0.39 is 0 Å².